The van der Waals surface area contributed by atoms with Crippen molar-refractivity contribution in [3.05, 3.63) is 60.2 Å². The molecule has 24 heavy (non-hydrogen) atoms. The third kappa shape index (κ3) is 3.62. The van der Waals surface area contributed by atoms with E-state index in [0.717, 1.165) is 17.7 Å². The van der Waals surface area contributed by atoms with Crippen molar-refractivity contribution in [2.24, 2.45) is 0 Å². The largest absolute Gasteiger partial charge is 0.353 e. The maximum Gasteiger partial charge on any atom is 0.224 e. The van der Waals surface area contributed by atoms with Crippen molar-refractivity contribution in [1.29, 1.82) is 0 Å². The normalized spacial score (nSPS) is 20.2. The summed E-state index contributed by atoms with van der Waals surface area (Å²) in [6.07, 6.45) is 4.23. The Labute approximate surface area is 139 Å². The molecule has 1 heterocycles. The first kappa shape index (κ1) is 16.6. The minimum Gasteiger partial charge on any atom is -0.353 e. The first-order chi connectivity index (χ1) is 11.4. The summed E-state index contributed by atoms with van der Waals surface area (Å²) in [7, 11) is -3.47. The second kappa shape index (κ2) is 6.68. The molecule has 0 atom stereocenters. The molecular weight excluding hydrogens is 331 g/mol. The van der Waals surface area contributed by atoms with Crippen molar-refractivity contribution in [1.82, 2.24) is 10.3 Å². The van der Waals surface area contributed by atoms with Crippen LogP contribution >= 0.6 is 0 Å². The highest BCUT2D eigenvalue weighted by Gasteiger charge is 2.40. The van der Waals surface area contributed by atoms with Crippen molar-refractivity contribution in [2.45, 2.75) is 35.4 Å². The summed E-state index contributed by atoms with van der Waals surface area (Å²) in [5, 5.41) is 2.30. The van der Waals surface area contributed by atoms with E-state index in [9.17, 15) is 17.6 Å². The maximum absolute atomic E-state index is 12.9. The molecule has 5 nitrogen and oxygen atoms in total. The van der Waals surface area contributed by atoms with Crippen molar-refractivity contribution in [2.75, 3.05) is 0 Å². The molecule has 126 valence electrons. The maximum atomic E-state index is 12.9. The standard InChI is InChI=1S/C17H17FN2O3S/c18-13-3-5-15(6-4-13)24(22,23)16-9-14(10-16)20-17(21)8-12-2-1-7-19-11-12/h1-7,11,14,16H,8-10H2,(H,20,21). The van der Waals surface area contributed by atoms with Gasteiger partial charge in [-0.1, -0.05) is 6.07 Å². The van der Waals surface area contributed by atoms with Gasteiger partial charge in [-0.05, 0) is 48.7 Å². The van der Waals surface area contributed by atoms with Crippen LogP contribution in [0.4, 0.5) is 4.39 Å². The number of rotatable bonds is 5. The number of hydrogen-bond acceptors (Lipinski definition) is 4. The molecule has 2 aromatic rings. The molecule has 1 amide bonds. The van der Waals surface area contributed by atoms with Crippen LogP contribution in [0.2, 0.25) is 0 Å². The number of carbonyl (C=O) groups is 1. The lowest BCUT2D eigenvalue weighted by molar-refractivity contribution is -0.121. The number of amides is 1. The smallest absolute Gasteiger partial charge is 0.224 e. The van der Waals surface area contributed by atoms with Crippen molar-refractivity contribution < 1.29 is 17.6 Å². The minimum absolute atomic E-state index is 0.119. The van der Waals surface area contributed by atoms with E-state index in [4.69, 9.17) is 0 Å². The first-order valence-electron chi connectivity index (χ1n) is 7.63. The van der Waals surface area contributed by atoms with E-state index in [1.807, 2.05) is 6.07 Å². The van der Waals surface area contributed by atoms with Crippen LogP contribution in [0.15, 0.2) is 53.7 Å². The minimum atomic E-state index is -3.47. The zero-order valence-electron chi connectivity index (χ0n) is 12.9. The van der Waals surface area contributed by atoms with E-state index >= 15 is 0 Å². The predicted molar refractivity (Wildman–Crippen MR) is 86.5 cm³/mol. The zero-order valence-corrected chi connectivity index (χ0v) is 13.7. The molecule has 1 aromatic carbocycles. The Bertz CT molecular complexity index is 817. The van der Waals surface area contributed by atoms with Gasteiger partial charge in [0.05, 0.1) is 16.6 Å². The van der Waals surface area contributed by atoms with Gasteiger partial charge in [0.2, 0.25) is 5.91 Å². The van der Waals surface area contributed by atoms with Gasteiger partial charge in [0.25, 0.3) is 0 Å². The summed E-state index contributed by atoms with van der Waals surface area (Å²) in [5.41, 5.74) is 0.810. The number of sulfone groups is 1. The number of halogens is 1. The van der Waals surface area contributed by atoms with Crippen LogP contribution < -0.4 is 5.32 Å². The number of benzene rings is 1. The van der Waals surface area contributed by atoms with E-state index in [2.05, 4.69) is 10.3 Å². The van der Waals surface area contributed by atoms with Gasteiger partial charge in [-0.2, -0.15) is 0 Å². The number of aromatic nitrogens is 1. The lowest BCUT2D eigenvalue weighted by Crippen LogP contribution is -2.50. The van der Waals surface area contributed by atoms with Gasteiger partial charge in [0.15, 0.2) is 9.84 Å². The van der Waals surface area contributed by atoms with Crippen LogP contribution in [-0.4, -0.2) is 30.6 Å². The molecule has 1 aliphatic carbocycles. The van der Waals surface area contributed by atoms with Gasteiger partial charge in [0.1, 0.15) is 5.82 Å². The van der Waals surface area contributed by atoms with Crippen LogP contribution in [0.25, 0.3) is 0 Å². The summed E-state index contributed by atoms with van der Waals surface area (Å²) in [6.45, 7) is 0. The fraction of sp³-hybridized carbons (Fsp3) is 0.294. The third-order valence-corrected chi connectivity index (χ3v) is 6.32. The molecule has 0 unspecified atom stereocenters. The molecule has 0 spiro atoms. The van der Waals surface area contributed by atoms with Gasteiger partial charge in [-0.3, -0.25) is 9.78 Å². The zero-order chi connectivity index (χ0) is 17.2. The summed E-state index contributed by atoms with van der Waals surface area (Å²) in [5.74, 6) is -0.617. The van der Waals surface area contributed by atoms with Crippen molar-refractivity contribution in [3.63, 3.8) is 0 Å². The van der Waals surface area contributed by atoms with E-state index in [0.29, 0.717) is 12.8 Å². The number of pyridine rings is 1. The topological polar surface area (TPSA) is 76.1 Å². The molecule has 3 rings (SSSR count). The van der Waals surface area contributed by atoms with Crippen molar-refractivity contribution in [3.8, 4) is 0 Å². The summed E-state index contributed by atoms with van der Waals surface area (Å²) >= 11 is 0. The monoisotopic (exact) mass is 348 g/mol. The van der Waals surface area contributed by atoms with Crippen molar-refractivity contribution >= 4 is 15.7 Å². The molecule has 0 saturated heterocycles. The lowest BCUT2D eigenvalue weighted by atomic mass is 9.92. The molecular formula is C17H17FN2O3S. The Balaban J connectivity index is 1.53. The SMILES string of the molecule is O=C(Cc1cccnc1)NC1CC(S(=O)(=O)c2ccc(F)cc2)C1. The quantitative estimate of drug-likeness (QED) is 0.837. The van der Waals surface area contributed by atoms with Gasteiger partial charge in [0, 0.05) is 18.4 Å². The Morgan fingerprint density at radius 2 is 1.92 bits per heavy atom. The lowest BCUT2D eigenvalue weighted by Gasteiger charge is -2.35. The fourth-order valence-corrected chi connectivity index (χ4v) is 4.59. The molecule has 1 saturated carbocycles. The van der Waals surface area contributed by atoms with E-state index < -0.39 is 20.9 Å². The molecule has 0 aliphatic heterocycles. The van der Waals surface area contributed by atoms with Crippen LogP contribution in [0.3, 0.4) is 0 Å². The highest BCUT2D eigenvalue weighted by atomic mass is 32.2. The second-order valence-electron chi connectivity index (χ2n) is 5.89. The van der Waals surface area contributed by atoms with Gasteiger partial charge >= 0.3 is 0 Å². The van der Waals surface area contributed by atoms with E-state index in [1.165, 1.54) is 12.1 Å². The van der Waals surface area contributed by atoms with Gasteiger partial charge in [-0.25, -0.2) is 12.8 Å². The average Bonchev–Trinajstić information content (AvgIpc) is 2.51. The van der Waals surface area contributed by atoms with Crippen LogP contribution in [0.5, 0.6) is 0 Å². The average molecular weight is 348 g/mol. The number of hydrogen-bond donors (Lipinski definition) is 1. The summed E-state index contributed by atoms with van der Waals surface area (Å²) in [4.78, 5) is 16.0. The molecule has 7 heteroatoms. The van der Waals surface area contributed by atoms with E-state index in [-0.39, 0.29) is 23.3 Å². The fourth-order valence-electron chi connectivity index (χ4n) is 2.72. The van der Waals surface area contributed by atoms with E-state index in [1.54, 1.807) is 18.5 Å². The van der Waals surface area contributed by atoms with Gasteiger partial charge in [-0.15, -0.1) is 0 Å². The van der Waals surface area contributed by atoms with Crippen LogP contribution in [-0.2, 0) is 21.1 Å². The summed E-state index contributed by atoms with van der Waals surface area (Å²) < 4.78 is 37.7. The molecule has 1 fully saturated rings. The summed E-state index contributed by atoms with van der Waals surface area (Å²) in [6, 6.07) is 8.26. The van der Waals surface area contributed by atoms with Gasteiger partial charge < -0.3 is 5.32 Å². The second-order valence-corrected chi connectivity index (χ2v) is 8.12. The van der Waals surface area contributed by atoms with Crippen LogP contribution in [0.1, 0.15) is 18.4 Å². The molecule has 0 radical (unpaired) electrons. The van der Waals surface area contributed by atoms with Crippen LogP contribution in [0, 0.1) is 5.82 Å². The molecule has 1 aromatic heterocycles. The predicted octanol–water partition coefficient (Wildman–Crippen LogP) is 1.88. The molecule has 0 bridgehead atoms. The first-order valence-corrected chi connectivity index (χ1v) is 9.17. The number of carbonyl (C=O) groups excluding carboxylic acids is 1. The third-order valence-electron chi connectivity index (χ3n) is 4.13. The Kier molecular flexibility index (Phi) is 4.62. The number of nitrogens with zero attached hydrogens (tertiary/aromatic N) is 1. The Morgan fingerprint density at radius 1 is 1.21 bits per heavy atom. The Morgan fingerprint density at radius 3 is 2.54 bits per heavy atom. The number of nitrogens with one attached hydrogen (secondary N) is 1. The highest BCUT2D eigenvalue weighted by molar-refractivity contribution is 7.92. The molecule has 1 N–H and O–H groups in total. The Hall–Kier alpha value is -2.28. The molecule has 1 aliphatic rings. The highest BCUT2D eigenvalue weighted by Crippen LogP contribution is 2.31.